The van der Waals surface area contributed by atoms with Crippen LogP contribution in [0.25, 0.3) is 32.8 Å². The van der Waals surface area contributed by atoms with Crippen molar-refractivity contribution >= 4 is 55.2 Å². The summed E-state index contributed by atoms with van der Waals surface area (Å²) in [5, 5.41) is 25.8. The van der Waals surface area contributed by atoms with E-state index in [1.165, 1.54) is 16.4 Å². The Morgan fingerprint density at radius 3 is 2.37 bits per heavy atom. The highest BCUT2D eigenvalue weighted by Crippen LogP contribution is 2.45. The Hall–Kier alpha value is -4.75. The number of carbonyl (C=O) groups is 2. The van der Waals surface area contributed by atoms with Gasteiger partial charge in [0.25, 0.3) is 0 Å². The molecule has 0 amide bonds. The third kappa shape index (κ3) is 9.42. The van der Waals surface area contributed by atoms with E-state index in [0.29, 0.717) is 92.6 Å². The lowest BCUT2D eigenvalue weighted by Gasteiger charge is -2.35. The minimum absolute atomic E-state index is 0.109. The van der Waals surface area contributed by atoms with Gasteiger partial charge in [-0.3, -0.25) is 9.58 Å². The standard InChI is InChI=1S/C39H45ClFN5O6S.C2HF3O2/c1-4-31-35-34-30(40)14-13-29-28(9-6-20-52-33-10-5-8-25-24-26(41)11-12-27(25)33)38(39(47)48)46(37(29)34)16-7-23-53(49,50)43(2)17-15-32(36(35)42-44(31)3)45-18-21-51-22-19-45;3-2(4,5)1(6)7/h5,8,10-14,24,32H,4,6-7,9,15-23H2,1-3H3,(H,47,48);(H,6,7). The number of benzene rings is 3. The molecule has 324 valence electrons. The van der Waals surface area contributed by atoms with Crippen molar-refractivity contribution in [3.8, 4) is 16.9 Å². The molecule has 4 heterocycles. The summed E-state index contributed by atoms with van der Waals surface area (Å²) in [5.74, 6) is -3.70. The zero-order chi connectivity index (χ0) is 43.5. The maximum atomic E-state index is 13.9. The van der Waals surface area contributed by atoms with E-state index in [0.717, 1.165) is 33.1 Å². The van der Waals surface area contributed by atoms with Gasteiger partial charge in [-0.15, -0.1) is 0 Å². The molecule has 1 fully saturated rings. The highest BCUT2D eigenvalue weighted by molar-refractivity contribution is 7.89. The van der Waals surface area contributed by atoms with Crippen molar-refractivity contribution in [2.45, 2.75) is 57.8 Å². The van der Waals surface area contributed by atoms with Crippen LogP contribution >= 0.6 is 11.6 Å². The van der Waals surface area contributed by atoms with Crippen LogP contribution in [0.5, 0.6) is 5.75 Å². The van der Waals surface area contributed by atoms with Gasteiger partial charge in [-0.25, -0.2) is 26.7 Å². The number of rotatable bonds is 8. The number of nitrogens with zero attached hydrogens (tertiary/aromatic N) is 5. The zero-order valence-electron chi connectivity index (χ0n) is 33.3. The second-order valence-corrected chi connectivity index (χ2v) is 17.2. The molecular weight excluding hydrogens is 834 g/mol. The van der Waals surface area contributed by atoms with Crippen LogP contribution in [0.15, 0.2) is 48.5 Å². The van der Waals surface area contributed by atoms with Gasteiger partial charge in [0.05, 0.1) is 47.8 Å². The predicted molar refractivity (Wildman–Crippen MR) is 218 cm³/mol. The molecule has 1 saturated heterocycles. The maximum Gasteiger partial charge on any atom is 0.490 e. The summed E-state index contributed by atoms with van der Waals surface area (Å²) in [7, 11) is -0.118. The van der Waals surface area contributed by atoms with Crippen LogP contribution in [-0.4, -0.2) is 113 Å². The Labute approximate surface area is 349 Å². The molecule has 1 unspecified atom stereocenters. The number of sulfonamides is 1. The van der Waals surface area contributed by atoms with Gasteiger partial charge in [0.1, 0.15) is 17.3 Å². The molecule has 2 aliphatic rings. The number of alkyl halides is 3. The fraction of sp³-hybridized carbons (Fsp3) is 0.439. The minimum atomic E-state index is -5.08. The molecule has 3 aromatic carbocycles. The summed E-state index contributed by atoms with van der Waals surface area (Å²) in [6, 6.07) is 13.5. The molecule has 5 aromatic rings. The summed E-state index contributed by atoms with van der Waals surface area (Å²) in [6.07, 6.45) is -2.85. The number of fused-ring (bicyclic) bond motifs is 3. The second-order valence-electron chi connectivity index (χ2n) is 14.6. The summed E-state index contributed by atoms with van der Waals surface area (Å²) in [4.78, 5) is 24.5. The van der Waals surface area contributed by atoms with Gasteiger partial charge in [0.2, 0.25) is 10.0 Å². The molecule has 0 bridgehead atoms. The first-order valence-corrected chi connectivity index (χ1v) is 21.4. The molecule has 0 aliphatic carbocycles. The van der Waals surface area contributed by atoms with Crippen LogP contribution in [0.1, 0.15) is 59.7 Å². The fourth-order valence-electron chi connectivity index (χ4n) is 8.11. The van der Waals surface area contributed by atoms with E-state index in [-0.39, 0.29) is 36.3 Å². The normalized spacial score (nSPS) is 17.8. The van der Waals surface area contributed by atoms with Crippen molar-refractivity contribution in [1.82, 2.24) is 23.6 Å². The molecular formula is C41H46ClF4N5O8S. The predicted octanol–water partition coefficient (Wildman–Crippen LogP) is 7.32. The molecule has 0 spiro atoms. The first kappa shape index (κ1) is 44.8. The Balaban J connectivity index is 0.000000793. The SMILES string of the molecule is CCc1c2c(nn1C)C(N1CCOCC1)CCN(C)S(=O)(=O)CCCn1c(C(=O)O)c(CCCOc3cccc4cc(F)ccc34)c3ccc(Cl)c-2c31.O=C(O)C(F)(F)F. The lowest BCUT2D eigenvalue weighted by Crippen LogP contribution is -2.41. The van der Waals surface area contributed by atoms with Gasteiger partial charge in [0.15, 0.2) is 0 Å². The van der Waals surface area contributed by atoms with E-state index >= 15 is 0 Å². The highest BCUT2D eigenvalue weighted by Gasteiger charge is 2.38. The minimum Gasteiger partial charge on any atom is -0.493 e. The van der Waals surface area contributed by atoms with Crippen molar-refractivity contribution in [3.05, 3.63) is 82.0 Å². The molecule has 19 heteroatoms. The third-order valence-corrected chi connectivity index (χ3v) is 13.2. The summed E-state index contributed by atoms with van der Waals surface area (Å²) in [5.41, 5.74) is 4.73. The maximum absolute atomic E-state index is 13.9. The van der Waals surface area contributed by atoms with Gasteiger partial charge in [-0.1, -0.05) is 36.7 Å². The molecule has 1 atom stereocenters. The van der Waals surface area contributed by atoms with Gasteiger partial charge < -0.3 is 24.3 Å². The average Bonchev–Trinajstić information content (AvgIpc) is 3.69. The van der Waals surface area contributed by atoms with Crippen molar-refractivity contribution in [1.29, 1.82) is 0 Å². The van der Waals surface area contributed by atoms with Crippen LogP contribution < -0.4 is 4.74 Å². The van der Waals surface area contributed by atoms with Gasteiger partial charge >= 0.3 is 18.1 Å². The van der Waals surface area contributed by atoms with Crippen molar-refractivity contribution < 1.29 is 55.3 Å². The number of aryl methyl sites for hydroxylation is 3. The summed E-state index contributed by atoms with van der Waals surface area (Å²) in [6.45, 7) is 5.26. The fourth-order valence-corrected chi connectivity index (χ4v) is 9.55. The molecule has 0 saturated carbocycles. The Morgan fingerprint density at radius 2 is 1.70 bits per heavy atom. The third-order valence-electron chi connectivity index (χ3n) is 10.9. The van der Waals surface area contributed by atoms with Crippen molar-refractivity contribution in [2.24, 2.45) is 7.05 Å². The number of morpholine rings is 1. The lowest BCUT2D eigenvalue weighted by molar-refractivity contribution is -0.192. The van der Waals surface area contributed by atoms with Crippen LogP contribution in [0.2, 0.25) is 5.02 Å². The number of carboxylic acid groups (broad SMARTS) is 2. The number of ether oxygens (including phenoxy) is 2. The first-order chi connectivity index (χ1) is 28.4. The smallest absolute Gasteiger partial charge is 0.490 e. The number of halogens is 5. The van der Waals surface area contributed by atoms with Crippen molar-refractivity contribution in [2.75, 3.05) is 52.3 Å². The summed E-state index contributed by atoms with van der Waals surface area (Å²) < 4.78 is 89.7. The van der Waals surface area contributed by atoms with Crippen LogP contribution in [0.4, 0.5) is 17.6 Å². The van der Waals surface area contributed by atoms with Gasteiger partial charge in [-0.05, 0) is 73.4 Å². The number of aliphatic carboxylic acids is 1. The molecule has 7 rings (SSSR count). The number of hydrogen-bond donors (Lipinski definition) is 2. The van der Waals surface area contributed by atoms with Crippen molar-refractivity contribution in [3.63, 3.8) is 0 Å². The van der Waals surface area contributed by atoms with Gasteiger partial charge in [-0.2, -0.15) is 18.3 Å². The molecule has 13 nitrogen and oxygen atoms in total. The zero-order valence-corrected chi connectivity index (χ0v) is 34.8. The number of hydrogen-bond acceptors (Lipinski definition) is 8. The molecule has 60 heavy (non-hydrogen) atoms. The van der Waals surface area contributed by atoms with Crippen LogP contribution in [0.3, 0.4) is 0 Å². The largest absolute Gasteiger partial charge is 0.493 e. The van der Waals surface area contributed by atoms with Crippen LogP contribution in [-0.2, 0) is 46.0 Å². The number of aromatic carboxylic acids is 1. The molecule has 2 N–H and O–H groups in total. The number of aromatic nitrogens is 3. The number of carboxylic acids is 2. The van der Waals surface area contributed by atoms with E-state index in [2.05, 4.69) is 11.8 Å². The van der Waals surface area contributed by atoms with E-state index in [4.69, 9.17) is 36.1 Å². The molecule has 2 aromatic heterocycles. The summed E-state index contributed by atoms with van der Waals surface area (Å²) >= 11 is 7.22. The monoisotopic (exact) mass is 879 g/mol. The Morgan fingerprint density at radius 1 is 1.00 bits per heavy atom. The lowest BCUT2D eigenvalue weighted by atomic mass is 9.93. The average molecular weight is 880 g/mol. The van der Waals surface area contributed by atoms with E-state index < -0.39 is 28.1 Å². The van der Waals surface area contributed by atoms with Crippen LogP contribution in [0, 0.1) is 5.82 Å². The van der Waals surface area contributed by atoms with Gasteiger partial charge in [0, 0.05) is 67.9 Å². The topological polar surface area (TPSA) is 156 Å². The van der Waals surface area contributed by atoms with E-state index in [1.807, 2.05) is 42.1 Å². The Bertz CT molecular complexity index is 2500. The first-order valence-electron chi connectivity index (χ1n) is 19.4. The molecule has 2 aliphatic heterocycles. The Kier molecular flexibility index (Phi) is 13.8. The second kappa shape index (κ2) is 18.5. The molecule has 0 radical (unpaired) electrons. The highest BCUT2D eigenvalue weighted by atomic mass is 35.5. The van der Waals surface area contributed by atoms with E-state index in [9.17, 15) is 35.9 Å². The van der Waals surface area contributed by atoms with E-state index in [1.54, 1.807) is 17.7 Å². The quantitative estimate of drug-likeness (QED) is 0.120.